The summed E-state index contributed by atoms with van der Waals surface area (Å²) in [5.41, 5.74) is 2.85. The first-order valence-corrected chi connectivity index (χ1v) is 11.9. The summed E-state index contributed by atoms with van der Waals surface area (Å²) in [6, 6.07) is 18.1. The average molecular weight is 490 g/mol. The highest BCUT2D eigenvalue weighted by Gasteiger charge is 2.32. The molecule has 5 rings (SSSR count). The van der Waals surface area contributed by atoms with Gasteiger partial charge >= 0.3 is 0 Å². The molecule has 1 aliphatic heterocycles. The minimum atomic E-state index is -0.381. The van der Waals surface area contributed by atoms with E-state index in [-0.39, 0.29) is 17.5 Å². The largest absolute Gasteiger partial charge is 0.489 e. The fourth-order valence-corrected chi connectivity index (χ4v) is 5.09. The molecule has 0 saturated carbocycles. The molecule has 5 nitrogen and oxygen atoms in total. The summed E-state index contributed by atoms with van der Waals surface area (Å²) < 4.78 is 22.1. The first kappa shape index (κ1) is 22.3. The van der Waals surface area contributed by atoms with E-state index in [1.807, 2.05) is 48.7 Å². The van der Waals surface area contributed by atoms with Gasteiger partial charge in [-0.25, -0.2) is 4.39 Å². The SMILES string of the molecule is O=C1/C(=C/c2cn(CCOc3ccccc3F)c3ccccc23)SC(=S)N1Cc1cccnc1. The van der Waals surface area contributed by atoms with Crippen LogP contribution < -0.4 is 4.74 Å². The minimum Gasteiger partial charge on any atom is -0.489 e. The highest BCUT2D eigenvalue weighted by molar-refractivity contribution is 8.26. The van der Waals surface area contributed by atoms with E-state index in [0.717, 1.165) is 22.0 Å². The lowest BCUT2D eigenvalue weighted by atomic mass is 10.1. The molecule has 1 saturated heterocycles. The predicted molar refractivity (Wildman–Crippen MR) is 137 cm³/mol. The number of halogens is 1. The van der Waals surface area contributed by atoms with E-state index >= 15 is 0 Å². The molecule has 0 aliphatic carbocycles. The summed E-state index contributed by atoms with van der Waals surface area (Å²) in [7, 11) is 0. The van der Waals surface area contributed by atoms with Gasteiger partial charge in [-0.2, -0.15) is 0 Å². The number of hydrogen-bond donors (Lipinski definition) is 0. The Bertz CT molecular complexity index is 1400. The van der Waals surface area contributed by atoms with Crippen LogP contribution in [0, 0.1) is 5.82 Å². The highest BCUT2D eigenvalue weighted by Crippen LogP contribution is 2.35. The van der Waals surface area contributed by atoms with Crippen molar-refractivity contribution >= 4 is 51.2 Å². The number of amides is 1. The fraction of sp³-hybridized carbons (Fsp3) is 0.115. The first-order valence-electron chi connectivity index (χ1n) is 10.7. The molecule has 4 aromatic rings. The van der Waals surface area contributed by atoms with Crippen molar-refractivity contribution in [1.82, 2.24) is 14.5 Å². The molecule has 1 fully saturated rings. The summed E-state index contributed by atoms with van der Waals surface area (Å²) in [5, 5.41) is 1.02. The van der Waals surface area contributed by atoms with Crippen LogP contribution in [0.2, 0.25) is 0 Å². The van der Waals surface area contributed by atoms with Crippen molar-refractivity contribution in [3.05, 3.63) is 101 Å². The van der Waals surface area contributed by atoms with Crippen LogP contribution in [0.15, 0.2) is 84.2 Å². The molecule has 2 aromatic heterocycles. The van der Waals surface area contributed by atoms with Crippen LogP contribution in [0.3, 0.4) is 0 Å². The number of hydrogen-bond acceptors (Lipinski definition) is 5. The van der Waals surface area contributed by atoms with Gasteiger partial charge in [0.25, 0.3) is 5.91 Å². The maximum Gasteiger partial charge on any atom is 0.266 e. The number of pyridine rings is 1. The van der Waals surface area contributed by atoms with Crippen molar-refractivity contribution in [2.24, 2.45) is 0 Å². The van der Waals surface area contributed by atoms with Crippen LogP contribution in [0.25, 0.3) is 17.0 Å². The quantitative estimate of drug-likeness (QED) is 0.248. The Morgan fingerprint density at radius 3 is 2.74 bits per heavy atom. The second kappa shape index (κ2) is 9.79. The molecule has 0 N–H and O–H groups in total. The van der Waals surface area contributed by atoms with Crippen molar-refractivity contribution < 1.29 is 13.9 Å². The number of fused-ring (bicyclic) bond motifs is 1. The monoisotopic (exact) mass is 489 g/mol. The van der Waals surface area contributed by atoms with Gasteiger partial charge in [0, 0.05) is 35.1 Å². The van der Waals surface area contributed by atoms with Crippen molar-refractivity contribution in [2.45, 2.75) is 13.1 Å². The third kappa shape index (κ3) is 4.60. The van der Waals surface area contributed by atoms with E-state index in [2.05, 4.69) is 9.55 Å². The lowest BCUT2D eigenvalue weighted by Crippen LogP contribution is -2.27. The summed E-state index contributed by atoms with van der Waals surface area (Å²) in [5.74, 6) is -0.260. The zero-order valence-electron chi connectivity index (χ0n) is 18.1. The van der Waals surface area contributed by atoms with Gasteiger partial charge in [0.15, 0.2) is 11.6 Å². The number of carbonyl (C=O) groups is 1. The van der Waals surface area contributed by atoms with E-state index < -0.39 is 0 Å². The number of carbonyl (C=O) groups excluding carboxylic acids is 1. The lowest BCUT2D eigenvalue weighted by Gasteiger charge is -2.13. The van der Waals surface area contributed by atoms with Crippen molar-refractivity contribution in [2.75, 3.05) is 6.61 Å². The first-order chi connectivity index (χ1) is 16.6. The summed E-state index contributed by atoms with van der Waals surface area (Å²) in [6.45, 7) is 1.24. The normalized spacial score (nSPS) is 15.0. The van der Waals surface area contributed by atoms with E-state index in [1.54, 1.807) is 35.5 Å². The van der Waals surface area contributed by atoms with Crippen molar-refractivity contribution in [3.8, 4) is 5.75 Å². The number of thioether (sulfide) groups is 1. The molecule has 170 valence electrons. The zero-order valence-corrected chi connectivity index (χ0v) is 19.7. The molecule has 0 atom stereocenters. The van der Waals surface area contributed by atoms with E-state index in [1.165, 1.54) is 17.8 Å². The number of rotatable bonds is 7. The number of nitrogens with zero attached hydrogens (tertiary/aromatic N) is 3. The van der Waals surface area contributed by atoms with Crippen LogP contribution >= 0.6 is 24.0 Å². The Balaban J connectivity index is 1.37. The number of aromatic nitrogens is 2. The topological polar surface area (TPSA) is 47.4 Å². The van der Waals surface area contributed by atoms with Gasteiger partial charge < -0.3 is 9.30 Å². The third-order valence-corrected chi connectivity index (χ3v) is 6.85. The van der Waals surface area contributed by atoms with Crippen LogP contribution in [0.5, 0.6) is 5.75 Å². The van der Waals surface area contributed by atoms with Gasteiger partial charge in [-0.3, -0.25) is 14.7 Å². The Labute approximate surface area is 205 Å². The molecular formula is C26H20FN3O2S2. The Kier molecular flexibility index (Phi) is 6.42. The Hall–Kier alpha value is -3.49. The molecule has 0 radical (unpaired) electrons. The second-order valence-corrected chi connectivity index (χ2v) is 9.38. The maximum atomic E-state index is 13.8. The van der Waals surface area contributed by atoms with E-state index in [4.69, 9.17) is 17.0 Å². The van der Waals surface area contributed by atoms with Gasteiger partial charge in [-0.1, -0.05) is 60.4 Å². The minimum absolute atomic E-state index is 0.112. The van der Waals surface area contributed by atoms with Gasteiger partial charge in [0.05, 0.1) is 18.0 Å². The van der Waals surface area contributed by atoms with Gasteiger partial charge in [0.1, 0.15) is 10.9 Å². The van der Waals surface area contributed by atoms with Crippen LogP contribution in [-0.4, -0.2) is 31.3 Å². The molecule has 2 aromatic carbocycles. The van der Waals surface area contributed by atoms with Gasteiger partial charge in [-0.05, 0) is 35.9 Å². The average Bonchev–Trinajstić information content (AvgIpc) is 3.33. The van der Waals surface area contributed by atoms with Crippen LogP contribution in [-0.2, 0) is 17.9 Å². The fourth-order valence-electron chi connectivity index (χ4n) is 3.84. The number of para-hydroxylation sites is 2. The lowest BCUT2D eigenvalue weighted by molar-refractivity contribution is -0.122. The highest BCUT2D eigenvalue weighted by atomic mass is 32.2. The Morgan fingerprint density at radius 2 is 1.91 bits per heavy atom. The van der Waals surface area contributed by atoms with Gasteiger partial charge in [0.2, 0.25) is 0 Å². The zero-order chi connectivity index (χ0) is 23.5. The molecule has 0 unspecified atom stereocenters. The second-order valence-electron chi connectivity index (χ2n) is 7.70. The van der Waals surface area contributed by atoms with Crippen molar-refractivity contribution in [3.63, 3.8) is 0 Å². The molecule has 8 heteroatoms. The van der Waals surface area contributed by atoms with E-state index in [0.29, 0.717) is 28.9 Å². The van der Waals surface area contributed by atoms with E-state index in [9.17, 15) is 9.18 Å². The molecular weight excluding hydrogens is 469 g/mol. The summed E-state index contributed by atoms with van der Waals surface area (Å²) in [6.07, 6.45) is 7.31. The van der Waals surface area contributed by atoms with Gasteiger partial charge in [-0.15, -0.1) is 0 Å². The number of thiocarbonyl (C=S) groups is 1. The maximum absolute atomic E-state index is 13.8. The molecule has 34 heavy (non-hydrogen) atoms. The third-order valence-electron chi connectivity index (χ3n) is 5.47. The number of benzene rings is 2. The smallest absolute Gasteiger partial charge is 0.266 e. The standard InChI is InChI=1S/C26H20FN3O2S2/c27-21-8-2-4-10-23(21)32-13-12-29-17-19(20-7-1-3-9-22(20)29)14-24-25(31)30(26(33)34-24)16-18-6-5-11-28-15-18/h1-11,14-15,17H,12-13,16H2/b24-14-. The molecule has 0 bridgehead atoms. The Morgan fingerprint density at radius 1 is 1.09 bits per heavy atom. The molecule has 1 amide bonds. The summed E-state index contributed by atoms with van der Waals surface area (Å²) in [4.78, 5) is 19.4. The predicted octanol–water partition coefficient (Wildman–Crippen LogP) is 5.66. The van der Waals surface area contributed by atoms with Crippen LogP contribution in [0.1, 0.15) is 11.1 Å². The summed E-state index contributed by atoms with van der Waals surface area (Å²) >= 11 is 6.78. The number of ether oxygens (including phenoxy) is 1. The van der Waals surface area contributed by atoms with Crippen LogP contribution in [0.4, 0.5) is 4.39 Å². The molecule has 3 heterocycles. The molecule has 1 aliphatic rings. The van der Waals surface area contributed by atoms with Crippen molar-refractivity contribution in [1.29, 1.82) is 0 Å². The molecule has 0 spiro atoms.